The molecule has 0 spiro atoms. The number of hydrogen-bond donors (Lipinski definition) is 2. The Balaban J connectivity index is 2.24. The summed E-state index contributed by atoms with van der Waals surface area (Å²) in [6.07, 6.45) is 3.18. The van der Waals surface area contributed by atoms with Crippen LogP contribution in [0.15, 0.2) is 0 Å². The molecule has 1 aliphatic carbocycles. The molecule has 0 aliphatic heterocycles. The van der Waals surface area contributed by atoms with E-state index in [2.05, 4.69) is 0 Å². The van der Waals surface area contributed by atoms with Crippen LogP contribution in [0, 0.1) is 11.8 Å². The van der Waals surface area contributed by atoms with Crippen molar-refractivity contribution in [3.63, 3.8) is 0 Å². The van der Waals surface area contributed by atoms with Gasteiger partial charge >= 0.3 is 5.97 Å². The maximum Gasteiger partial charge on any atom is 0.307 e. The van der Waals surface area contributed by atoms with Gasteiger partial charge in [0.15, 0.2) is 0 Å². The Labute approximate surface area is 60.2 Å². The minimum Gasteiger partial charge on any atom is -0.481 e. The molecule has 3 N–H and O–H groups in total. The monoisotopic (exact) mass is 143 g/mol. The molecule has 0 radical (unpaired) electrons. The quantitative estimate of drug-likeness (QED) is 0.600. The Morgan fingerprint density at radius 2 is 2.30 bits per heavy atom. The third-order valence-corrected chi connectivity index (χ3v) is 1.95. The summed E-state index contributed by atoms with van der Waals surface area (Å²) < 4.78 is 0. The molecule has 1 aliphatic rings. The molecule has 3 nitrogen and oxygen atoms in total. The molecule has 3 heteroatoms. The molecule has 0 amide bonds. The minimum absolute atomic E-state index is 0.284. The van der Waals surface area contributed by atoms with Crippen LogP contribution >= 0.6 is 0 Å². The molecule has 0 aromatic rings. The van der Waals surface area contributed by atoms with Gasteiger partial charge in [0.05, 0.1) is 5.92 Å². The van der Waals surface area contributed by atoms with Crippen LogP contribution in [-0.2, 0) is 4.79 Å². The number of aliphatic carboxylic acids is 1. The Morgan fingerprint density at radius 3 is 2.60 bits per heavy atom. The standard InChI is InChI=1S/C7H13NO2/c8-4-6(7(9)10)3-5-1-2-5/h5-6H,1-4,8H2,(H,9,10). The zero-order chi connectivity index (χ0) is 7.56. The maximum absolute atomic E-state index is 10.4. The molecule has 0 bridgehead atoms. The summed E-state index contributed by atoms with van der Waals surface area (Å²) in [5.74, 6) is -0.383. The molecule has 1 rings (SSSR count). The van der Waals surface area contributed by atoms with Gasteiger partial charge in [-0.3, -0.25) is 4.79 Å². The first-order valence-electron chi connectivity index (χ1n) is 3.67. The summed E-state index contributed by atoms with van der Waals surface area (Å²) in [5.41, 5.74) is 5.27. The van der Waals surface area contributed by atoms with E-state index in [1.807, 2.05) is 0 Å². The van der Waals surface area contributed by atoms with E-state index in [9.17, 15) is 4.79 Å². The lowest BCUT2D eigenvalue weighted by Crippen LogP contribution is -2.23. The van der Waals surface area contributed by atoms with Gasteiger partial charge in [-0.05, 0) is 12.3 Å². The zero-order valence-corrected chi connectivity index (χ0v) is 5.92. The summed E-state index contributed by atoms with van der Waals surface area (Å²) >= 11 is 0. The Kier molecular flexibility index (Phi) is 2.27. The van der Waals surface area contributed by atoms with E-state index < -0.39 is 5.97 Å². The molecule has 0 aromatic carbocycles. The molecule has 58 valence electrons. The van der Waals surface area contributed by atoms with Gasteiger partial charge in [0.2, 0.25) is 0 Å². The van der Waals surface area contributed by atoms with Gasteiger partial charge in [-0.1, -0.05) is 12.8 Å². The van der Waals surface area contributed by atoms with E-state index in [1.54, 1.807) is 0 Å². The first kappa shape index (κ1) is 7.54. The molecular weight excluding hydrogens is 130 g/mol. The maximum atomic E-state index is 10.4. The summed E-state index contributed by atoms with van der Waals surface area (Å²) in [6, 6.07) is 0. The summed E-state index contributed by atoms with van der Waals surface area (Å²) in [4.78, 5) is 10.4. The lowest BCUT2D eigenvalue weighted by atomic mass is 10.0. The second-order valence-corrected chi connectivity index (χ2v) is 2.95. The number of carbonyl (C=O) groups is 1. The SMILES string of the molecule is NCC(CC1CC1)C(=O)O. The number of hydrogen-bond acceptors (Lipinski definition) is 2. The van der Waals surface area contributed by atoms with Crippen LogP contribution < -0.4 is 5.73 Å². The number of carboxylic acid groups (broad SMARTS) is 1. The number of nitrogens with two attached hydrogens (primary N) is 1. The second kappa shape index (κ2) is 3.01. The Bertz CT molecular complexity index is 132. The molecule has 1 fully saturated rings. The predicted octanol–water partition coefficient (Wildman–Crippen LogP) is 0.446. The van der Waals surface area contributed by atoms with Gasteiger partial charge < -0.3 is 10.8 Å². The Morgan fingerprint density at radius 1 is 1.70 bits per heavy atom. The predicted molar refractivity (Wildman–Crippen MR) is 37.5 cm³/mol. The van der Waals surface area contributed by atoms with Crippen molar-refractivity contribution >= 4 is 5.97 Å². The van der Waals surface area contributed by atoms with Gasteiger partial charge in [0.25, 0.3) is 0 Å². The van der Waals surface area contributed by atoms with Gasteiger partial charge in [0.1, 0.15) is 0 Å². The van der Waals surface area contributed by atoms with Crippen molar-refractivity contribution in [2.75, 3.05) is 6.54 Å². The first-order chi connectivity index (χ1) is 4.74. The number of rotatable bonds is 4. The van der Waals surface area contributed by atoms with E-state index in [-0.39, 0.29) is 12.5 Å². The van der Waals surface area contributed by atoms with Crippen LogP contribution in [0.25, 0.3) is 0 Å². The van der Waals surface area contributed by atoms with E-state index in [0.29, 0.717) is 5.92 Å². The van der Waals surface area contributed by atoms with E-state index in [1.165, 1.54) is 12.8 Å². The lowest BCUT2D eigenvalue weighted by Gasteiger charge is -2.06. The second-order valence-electron chi connectivity index (χ2n) is 2.95. The fraction of sp³-hybridized carbons (Fsp3) is 0.857. The summed E-state index contributed by atoms with van der Waals surface area (Å²) in [5, 5.41) is 8.57. The van der Waals surface area contributed by atoms with Crippen molar-refractivity contribution in [1.29, 1.82) is 0 Å². The van der Waals surface area contributed by atoms with Crippen LogP contribution in [0.1, 0.15) is 19.3 Å². The molecule has 0 aromatic heterocycles. The summed E-state index contributed by atoms with van der Waals surface area (Å²) in [7, 11) is 0. The van der Waals surface area contributed by atoms with E-state index in [4.69, 9.17) is 10.8 Å². The molecular formula is C7H13NO2. The van der Waals surface area contributed by atoms with Crippen LogP contribution in [0.3, 0.4) is 0 Å². The topological polar surface area (TPSA) is 63.3 Å². The highest BCUT2D eigenvalue weighted by Crippen LogP contribution is 2.35. The van der Waals surface area contributed by atoms with Crippen molar-refractivity contribution in [3.8, 4) is 0 Å². The van der Waals surface area contributed by atoms with Crippen molar-refractivity contribution in [2.24, 2.45) is 17.6 Å². The largest absolute Gasteiger partial charge is 0.481 e. The zero-order valence-electron chi connectivity index (χ0n) is 5.92. The van der Waals surface area contributed by atoms with Crippen LogP contribution in [0.2, 0.25) is 0 Å². The van der Waals surface area contributed by atoms with Crippen LogP contribution in [-0.4, -0.2) is 17.6 Å². The van der Waals surface area contributed by atoms with Crippen molar-refractivity contribution < 1.29 is 9.90 Å². The molecule has 1 saturated carbocycles. The highest BCUT2D eigenvalue weighted by molar-refractivity contribution is 5.70. The van der Waals surface area contributed by atoms with Crippen molar-refractivity contribution in [2.45, 2.75) is 19.3 Å². The minimum atomic E-state index is -0.741. The van der Waals surface area contributed by atoms with Crippen LogP contribution in [0.5, 0.6) is 0 Å². The van der Waals surface area contributed by atoms with Gasteiger partial charge in [0, 0.05) is 6.54 Å². The average Bonchev–Trinajstić information content (AvgIpc) is 2.64. The first-order valence-corrected chi connectivity index (χ1v) is 3.67. The molecule has 10 heavy (non-hydrogen) atoms. The highest BCUT2D eigenvalue weighted by Gasteiger charge is 2.27. The molecule has 1 atom stereocenters. The normalized spacial score (nSPS) is 20.5. The molecule has 0 heterocycles. The summed E-state index contributed by atoms with van der Waals surface area (Å²) in [6.45, 7) is 0.284. The highest BCUT2D eigenvalue weighted by atomic mass is 16.4. The third-order valence-electron chi connectivity index (χ3n) is 1.95. The lowest BCUT2D eigenvalue weighted by molar-refractivity contribution is -0.141. The third kappa shape index (κ3) is 1.99. The van der Waals surface area contributed by atoms with Gasteiger partial charge in [-0.25, -0.2) is 0 Å². The fourth-order valence-electron chi connectivity index (χ4n) is 1.05. The fourth-order valence-corrected chi connectivity index (χ4v) is 1.05. The van der Waals surface area contributed by atoms with Gasteiger partial charge in [-0.2, -0.15) is 0 Å². The molecule has 0 saturated heterocycles. The average molecular weight is 143 g/mol. The molecule has 1 unspecified atom stereocenters. The van der Waals surface area contributed by atoms with E-state index in [0.717, 1.165) is 6.42 Å². The number of carboxylic acids is 1. The smallest absolute Gasteiger partial charge is 0.307 e. The Hall–Kier alpha value is -0.570. The van der Waals surface area contributed by atoms with Crippen molar-refractivity contribution in [1.82, 2.24) is 0 Å². The van der Waals surface area contributed by atoms with E-state index >= 15 is 0 Å². The van der Waals surface area contributed by atoms with Crippen molar-refractivity contribution in [3.05, 3.63) is 0 Å². The van der Waals surface area contributed by atoms with Crippen LogP contribution in [0.4, 0.5) is 0 Å². The van der Waals surface area contributed by atoms with Gasteiger partial charge in [-0.15, -0.1) is 0 Å².